The molecule has 0 spiro atoms. The summed E-state index contributed by atoms with van der Waals surface area (Å²) >= 11 is 0. The van der Waals surface area contributed by atoms with Crippen molar-refractivity contribution in [1.82, 2.24) is 5.32 Å². The number of rotatable bonds is 8. The first-order chi connectivity index (χ1) is 12.5. The van der Waals surface area contributed by atoms with Crippen LogP contribution in [0, 0.1) is 12.7 Å². The molecule has 1 amide bonds. The second-order valence-corrected chi connectivity index (χ2v) is 5.88. The van der Waals surface area contributed by atoms with Gasteiger partial charge >= 0.3 is 5.97 Å². The standard InChI is InChI=1S/C20H22FNO4/c1-14-3-8-18(25-2)16(11-14)12-20(24)26-13-19(23)22-10-9-15-4-6-17(21)7-5-15/h3-8,11H,9-10,12-13H2,1-2H3,(H,22,23). The van der Waals surface area contributed by atoms with Crippen molar-refractivity contribution in [2.75, 3.05) is 20.3 Å². The van der Waals surface area contributed by atoms with Crippen LogP contribution < -0.4 is 10.1 Å². The van der Waals surface area contributed by atoms with E-state index < -0.39 is 5.97 Å². The van der Waals surface area contributed by atoms with E-state index >= 15 is 0 Å². The summed E-state index contributed by atoms with van der Waals surface area (Å²) in [5, 5.41) is 2.66. The molecule has 0 aliphatic rings. The van der Waals surface area contributed by atoms with Gasteiger partial charge in [-0.1, -0.05) is 29.8 Å². The van der Waals surface area contributed by atoms with E-state index in [1.165, 1.54) is 19.2 Å². The van der Waals surface area contributed by atoms with Crippen LogP contribution in [0.3, 0.4) is 0 Å². The minimum atomic E-state index is -0.498. The summed E-state index contributed by atoms with van der Waals surface area (Å²) < 4.78 is 23.0. The Morgan fingerprint density at radius 1 is 1.12 bits per heavy atom. The highest BCUT2D eigenvalue weighted by atomic mass is 19.1. The molecule has 0 radical (unpaired) electrons. The van der Waals surface area contributed by atoms with Crippen molar-refractivity contribution in [1.29, 1.82) is 0 Å². The molecule has 0 atom stereocenters. The number of hydrogen-bond acceptors (Lipinski definition) is 4. The third-order valence-electron chi connectivity index (χ3n) is 3.78. The Bertz CT molecular complexity index is 759. The fourth-order valence-corrected chi connectivity index (χ4v) is 2.45. The smallest absolute Gasteiger partial charge is 0.310 e. The lowest BCUT2D eigenvalue weighted by molar-refractivity contribution is -0.147. The Labute approximate surface area is 152 Å². The SMILES string of the molecule is COc1ccc(C)cc1CC(=O)OCC(=O)NCCc1ccc(F)cc1. The Kier molecular flexibility index (Phi) is 7.14. The third-order valence-corrected chi connectivity index (χ3v) is 3.78. The summed E-state index contributed by atoms with van der Waals surface area (Å²) in [4.78, 5) is 23.7. The van der Waals surface area contributed by atoms with E-state index in [4.69, 9.17) is 9.47 Å². The maximum Gasteiger partial charge on any atom is 0.310 e. The maximum atomic E-state index is 12.8. The van der Waals surface area contributed by atoms with Crippen molar-refractivity contribution < 1.29 is 23.5 Å². The van der Waals surface area contributed by atoms with Crippen LogP contribution in [0.1, 0.15) is 16.7 Å². The number of carbonyl (C=O) groups is 2. The number of hydrogen-bond donors (Lipinski definition) is 1. The van der Waals surface area contributed by atoms with Gasteiger partial charge in [0.15, 0.2) is 6.61 Å². The molecule has 0 aliphatic carbocycles. The van der Waals surface area contributed by atoms with Crippen LogP contribution in [-0.2, 0) is 27.2 Å². The van der Waals surface area contributed by atoms with Gasteiger partial charge in [-0.05, 0) is 37.1 Å². The molecule has 0 unspecified atom stereocenters. The number of halogens is 1. The van der Waals surface area contributed by atoms with Gasteiger partial charge in [0.2, 0.25) is 0 Å². The van der Waals surface area contributed by atoms with Crippen LogP contribution in [0.5, 0.6) is 5.75 Å². The lowest BCUT2D eigenvalue weighted by atomic mass is 10.1. The number of esters is 1. The van der Waals surface area contributed by atoms with E-state index in [0.717, 1.165) is 11.1 Å². The van der Waals surface area contributed by atoms with Crippen LogP contribution in [0.15, 0.2) is 42.5 Å². The molecule has 0 aromatic heterocycles. The van der Waals surface area contributed by atoms with Crippen molar-refractivity contribution in [3.8, 4) is 5.75 Å². The van der Waals surface area contributed by atoms with E-state index in [1.54, 1.807) is 18.2 Å². The number of methoxy groups -OCH3 is 1. The Morgan fingerprint density at radius 3 is 2.54 bits per heavy atom. The number of carbonyl (C=O) groups excluding carboxylic acids is 2. The molecule has 0 aliphatic heterocycles. The lowest BCUT2D eigenvalue weighted by Crippen LogP contribution is -2.30. The highest BCUT2D eigenvalue weighted by Crippen LogP contribution is 2.20. The first-order valence-electron chi connectivity index (χ1n) is 8.28. The van der Waals surface area contributed by atoms with Gasteiger partial charge in [-0.3, -0.25) is 9.59 Å². The molecule has 26 heavy (non-hydrogen) atoms. The fourth-order valence-electron chi connectivity index (χ4n) is 2.45. The highest BCUT2D eigenvalue weighted by Gasteiger charge is 2.12. The quantitative estimate of drug-likeness (QED) is 0.736. The van der Waals surface area contributed by atoms with Gasteiger partial charge in [0.05, 0.1) is 13.5 Å². The molecule has 2 aromatic carbocycles. The zero-order valence-corrected chi connectivity index (χ0v) is 14.9. The van der Waals surface area contributed by atoms with E-state index in [0.29, 0.717) is 24.3 Å². The number of amides is 1. The summed E-state index contributed by atoms with van der Waals surface area (Å²) in [5.74, 6) is -0.564. The second kappa shape index (κ2) is 9.56. The predicted octanol–water partition coefficient (Wildman–Crippen LogP) is 2.59. The summed E-state index contributed by atoms with van der Waals surface area (Å²) in [7, 11) is 1.54. The minimum absolute atomic E-state index is 0.0354. The lowest BCUT2D eigenvalue weighted by Gasteiger charge is -2.10. The zero-order chi connectivity index (χ0) is 18.9. The van der Waals surface area contributed by atoms with Gasteiger partial charge in [-0.25, -0.2) is 4.39 Å². The Balaban J connectivity index is 1.72. The van der Waals surface area contributed by atoms with Crippen molar-refractivity contribution >= 4 is 11.9 Å². The molecule has 138 valence electrons. The topological polar surface area (TPSA) is 64.6 Å². The molecule has 2 rings (SSSR count). The number of nitrogens with one attached hydrogen (secondary N) is 1. The van der Waals surface area contributed by atoms with E-state index in [9.17, 15) is 14.0 Å². The largest absolute Gasteiger partial charge is 0.496 e. The first kappa shape index (κ1) is 19.4. The van der Waals surface area contributed by atoms with Gasteiger partial charge < -0.3 is 14.8 Å². The predicted molar refractivity (Wildman–Crippen MR) is 95.5 cm³/mol. The van der Waals surface area contributed by atoms with Crippen LogP contribution in [0.25, 0.3) is 0 Å². The molecule has 0 saturated heterocycles. The van der Waals surface area contributed by atoms with Crippen molar-refractivity contribution in [2.45, 2.75) is 19.8 Å². The average molecular weight is 359 g/mol. The highest BCUT2D eigenvalue weighted by molar-refractivity contribution is 5.81. The van der Waals surface area contributed by atoms with E-state index in [2.05, 4.69) is 5.32 Å². The van der Waals surface area contributed by atoms with Gasteiger partial charge in [0, 0.05) is 12.1 Å². The summed E-state index contributed by atoms with van der Waals surface area (Å²) in [6.45, 7) is 1.97. The molecule has 1 N–H and O–H groups in total. The van der Waals surface area contributed by atoms with Crippen LogP contribution in [0.4, 0.5) is 4.39 Å². The van der Waals surface area contributed by atoms with E-state index in [1.807, 2.05) is 19.1 Å². The Morgan fingerprint density at radius 2 is 1.85 bits per heavy atom. The van der Waals surface area contributed by atoms with Crippen LogP contribution >= 0.6 is 0 Å². The first-order valence-corrected chi connectivity index (χ1v) is 8.28. The molecule has 0 heterocycles. The maximum absolute atomic E-state index is 12.8. The zero-order valence-electron chi connectivity index (χ0n) is 14.9. The molecular formula is C20H22FNO4. The van der Waals surface area contributed by atoms with Crippen molar-refractivity contribution in [2.24, 2.45) is 0 Å². The normalized spacial score (nSPS) is 10.3. The number of aryl methyl sites for hydroxylation is 1. The monoisotopic (exact) mass is 359 g/mol. The van der Waals surface area contributed by atoms with Crippen LogP contribution in [0.2, 0.25) is 0 Å². The molecule has 0 saturated carbocycles. The van der Waals surface area contributed by atoms with Gasteiger partial charge in [0.25, 0.3) is 5.91 Å². The fraction of sp³-hybridized carbons (Fsp3) is 0.300. The molecule has 2 aromatic rings. The molecule has 0 bridgehead atoms. The summed E-state index contributed by atoms with van der Waals surface area (Å²) in [6.07, 6.45) is 0.605. The molecular weight excluding hydrogens is 337 g/mol. The summed E-state index contributed by atoms with van der Waals surface area (Å²) in [5.41, 5.74) is 2.64. The van der Waals surface area contributed by atoms with Gasteiger partial charge in [-0.15, -0.1) is 0 Å². The van der Waals surface area contributed by atoms with Gasteiger partial charge in [0.1, 0.15) is 11.6 Å². The van der Waals surface area contributed by atoms with Crippen molar-refractivity contribution in [3.63, 3.8) is 0 Å². The molecule has 0 fully saturated rings. The molecule has 6 heteroatoms. The number of ether oxygens (including phenoxy) is 2. The third kappa shape index (κ3) is 6.20. The Hall–Kier alpha value is -2.89. The van der Waals surface area contributed by atoms with Crippen LogP contribution in [-0.4, -0.2) is 32.1 Å². The second-order valence-electron chi connectivity index (χ2n) is 5.88. The van der Waals surface area contributed by atoms with Gasteiger partial charge in [-0.2, -0.15) is 0 Å². The molecule has 5 nitrogen and oxygen atoms in total. The van der Waals surface area contributed by atoms with E-state index in [-0.39, 0.29) is 24.8 Å². The van der Waals surface area contributed by atoms with Crippen molar-refractivity contribution in [3.05, 3.63) is 65.0 Å². The minimum Gasteiger partial charge on any atom is -0.496 e. The number of benzene rings is 2. The average Bonchev–Trinajstić information content (AvgIpc) is 2.62. The summed E-state index contributed by atoms with van der Waals surface area (Å²) in [6, 6.07) is 11.6.